The molecule has 0 aromatic carbocycles. The minimum atomic E-state index is -0.351. The number of nitrogens with one attached hydrogen (secondary N) is 1. The monoisotopic (exact) mass is 245 g/mol. The number of esters is 1. The van der Waals surface area contributed by atoms with E-state index in [1.165, 1.54) is 0 Å². The average Bonchev–Trinajstić information content (AvgIpc) is 2.28. The van der Waals surface area contributed by atoms with Crippen LogP contribution in [-0.2, 0) is 14.3 Å². The third kappa shape index (κ3) is 7.34. The van der Waals surface area contributed by atoms with Crippen molar-refractivity contribution in [2.24, 2.45) is 5.92 Å². The van der Waals surface area contributed by atoms with Gasteiger partial charge in [-0.05, 0) is 32.7 Å². The lowest BCUT2D eigenvalue weighted by Gasteiger charge is -2.21. The molecule has 0 aliphatic heterocycles. The summed E-state index contributed by atoms with van der Waals surface area (Å²) in [7, 11) is 0. The molecular formula is C13H27NO3. The van der Waals surface area contributed by atoms with Gasteiger partial charge in [-0.2, -0.15) is 0 Å². The van der Waals surface area contributed by atoms with Crippen molar-refractivity contribution in [2.75, 3.05) is 19.8 Å². The Labute approximate surface area is 105 Å². The molecule has 0 aliphatic rings. The summed E-state index contributed by atoms with van der Waals surface area (Å²) in [5.41, 5.74) is 0. The molecule has 0 amide bonds. The van der Waals surface area contributed by atoms with E-state index in [9.17, 15) is 4.79 Å². The first-order valence-corrected chi connectivity index (χ1v) is 6.54. The minimum Gasteiger partial charge on any atom is -0.465 e. The van der Waals surface area contributed by atoms with Crippen molar-refractivity contribution >= 4 is 5.97 Å². The molecule has 0 rings (SSSR count). The van der Waals surface area contributed by atoms with Gasteiger partial charge >= 0.3 is 5.97 Å². The van der Waals surface area contributed by atoms with E-state index in [1.54, 1.807) is 0 Å². The SMILES string of the molecule is CCCNC(COC(C)C(C)C)C(=O)OCC. The maximum Gasteiger partial charge on any atom is 0.325 e. The van der Waals surface area contributed by atoms with Crippen LogP contribution < -0.4 is 5.32 Å². The third-order valence-corrected chi connectivity index (χ3v) is 2.68. The summed E-state index contributed by atoms with van der Waals surface area (Å²) in [6, 6.07) is -0.351. The van der Waals surface area contributed by atoms with E-state index in [4.69, 9.17) is 9.47 Å². The third-order valence-electron chi connectivity index (χ3n) is 2.68. The topological polar surface area (TPSA) is 47.6 Å². The zero-order valence-electron chi connectivity index (χ0n) is 11.8. The summed E-state index contributed by atoms with van der Waals surface area (Å²) < 4.78 is 10.7. The molecule has 0 fully saturated rings. The predicted octanol–water partition coefficient (Wildman–Crippen LogP) is 1.98. The standard InChI is InChI=1S/C13H27NO3/c1-6-8-14-12(13(15)16-7-2)9-17-11(5)10(3)4/h10-12,14H,6-9H2,1-5H3. The maximum atomic E-state index is 11.7. The quantitative estimate of drug-likeness (QED) is 0.631. The Hall–Kier alpha value is -0.610. The summed E-state index contributed by atoms with van der Waals surface area (Å²) in [5.74, 6) is 0.223. The molecule has 0 spiro atoms. The van der Waals surface area contributed by atoms with Crippen LogP contribution >= 0.6 is 0 Å². The number of carbonyl (C=O) groups excluding carboxylic acids is 1. The minimum absolute atomic E-state index is 0.148. The molecule has 17 heavy (non-hydrogen) atoms. The van der Waals surface area contributed by atoms with Crippen molar-refractivity contribution < 1.29 is 14.3 Å². The number of rotatable bonds is 9. The molecule has 0 aromatic rings. The van der Waals surface area contributed by atoms with Gasteiger partial charge in [-0.15, -0.1) is 0 Å². The molecule has 0 aliphatic carbocycles. The lowest BCUT2D eigenvalue weighted by molar-refractivity contribution is -0.148. The van der Waals surface area contributed by atoms with Gasteiger partial charge in [-0.1, -0.05) is 20.8 Å². The van der Waals surface area contributed by atoms with Crippen LogP contribution in [0.4, 0.5) is 0 Å². The molecular weight excluding hydrogens is 218 g/mol. The van der Waals surface area contributed by atoms with Gasteiger partial charge in [0.25, 0.3) is 0 Å². The number of carbonyl (C=O) groups is 1. The molecule has 0 saturated heterocycles. The Balaban J connectivity index is 4.13. The molecule has 2 atom stereocenters. The molecule has 2 unspecified atom stereocenters. The number of hydrogen-bond acceptors (Lipinski definition) is 4. The van der Waals surface area contributed by atoms with Crippen molar-refractivity contribution in [1.29, 1.82) is 0 Å². The van der Waals surface area contributed by atoms with Crippen molar-refractivity contribution in [1.82, 2.24) is 5.32 Å². The van der Waals surface area contributed by atoms with Crippen LogP contribution in [0.3, 0.4) is 0 Å². The molecule has 4 nitrogen and oxygen atoms in total. The van der Waals surface area contributed by atoms with Crippen LogP contribution in [0.2, 0.25) is 0 Å². The normalized spacial score (nSPS) is 14.7. The fraction of sp³-hybridized carbons (Fsp3) is 0.923. The van der Waals surface area contributed by atoms with Crippen molar-refractivity contribution in [3.05, 3.63) is 0 Å². The summed E-state index contributed by atoms with van der Waals surface area (Å²) in [6.45, 7) is 11.7. The van der Waals surface area contributed by atoms with Crippen LogP contribution in [0, 0.1) is 5.92 Å². The van der Waals surface area contributed by atoms with Crippen molar-refractivity contribution in [3.8, 4) is 0 Å². The Morgan fingerprint density at radius 3 is 2.35 bits per heavy atom. The summed E-state index contributed by atoms with van der Waals surface area (Å²) in [5, 5.41) is 3.15. The summed E-state index contributed by atoms with van der Waals surface area (Å²) in [6.07, 6.45) is 1.13. The van der Waals surface area contributed by atoms with Crippen LogP contribution in [0.5, 0.6) is 0 Å². The molecule has 102 valence electrons. The highest BCUT2D eigenvalue weighted by atomic mass is 16.5. The van der Waals surface area contributed by atoms with Gasteiger partial charge in [0.1, 0.15) is 6.04 Å². The van der Waals surface area contributed by atoms with Gasteiger partial charge in [-0.3, -0.25) is 4.79 Å². The second-order valence-corrected chi connectivity index (χ2v) is 4.54. The van der Waals surface area contributed by atoms with E-state index in [0.29, 0.717) is 19.1 Å². The fourth-order valence-corrected chi connectivity index (χ4v) is 1.21. The highest BCUT2D eigenvalue weighted by molar-refractivity contribution is 5.75. The largest absolute Gasteiger partial charge is 0.465 e. The van der Waals surface area contributed by atoms with Gasteiger partial charge < -0.3 is 14.8 Å². The highest BCUT2D eigenvalue weighted by Gasteiger charge is 2.20. The fourth-order valence-electron chi connectivity index (χ4n) is 1.21. The Morgan fingerprint density at radius 1 is 1.24 bits per heavy atom. The lowest BCUT2D eigenvalue weighted by Crippen LogP contribution is -2.43. The molecule has 1 N–H and O–H groups in total. The summed E-state index contributed by atoms with van der Waals surface area (Å²) in [4.78, 5) is 11.7. The van der Waals surface area contributed by atoms with Gasteiger partial charge in [0.15, 0.2) is 0 Å². The van der Waals surface area contributed by atoms with Crippen LogP contribution in [-0.4, -0.2) is 37.9 Å². The average molecular weight is 245 g/mol. The van der Waals surface area contributed by atoms with Crippen LogP contribution in [0.25, 0.3) is 0 Å². The van der Waals surface area contributed by atoms with E-state index in [1.807, 2.05) is 13.8 Å². The Bertz CT molecular complexity index is 207. The Morgan fingerprint density at radius 2 is 1.88 bits per heavy atom. The molecule has 0 heterocycles. The zero-order chi connectivity index (χ0) is 13.3. The molecule has 0 bridgehead atoms. The first-order valence-electron chi connectivity index (χ1n) is 6.54. The van der Waals surface area contributed by atoms with Crippen LogP contribution in [0.1, 0.15) is 41.0 Å². The molecule has 0 aromatic heterocycles. The zero-order valence-corrected chi connectivity index (χ0v) is 11.8. The van der Waals surface area contributed by atoms with Gasteiger partial charge in [0.05, 0.1) is 19.3 Å². The maximum absolute atomic E-state index is 11.7. The highest BCUT2D eigenvalue weighted by Crippen LogP contribution is 2.06. The first-order chi connectivity index (χ1) is 8.02. The number of ether oxygens (including phenoxy) is 2. The lowest BCUT2D eigenvalue weighted by atomic mass is 10.1. The van der Waals surface area contributed by atoms with E-state index in [-0.39, 0.29) is 18.1 Å². The van der Waals surface area contributed by atoms with E-state index in [2.05, 4.69) is 26.1 Å². The second-order valence-electron chi connectivity index (χ2n) is 4.54. The second kappa shape index (κ2) is 9.42. The predicted molar refractivity (Wildman–Crippen MR) is 69.0 cm³/mol. The molecule has 0 radical (unpaired) electrons. The van der Waals surface area contributed by atoms with Crippen LogP contribution in [0.15, 0.2) is 0 Å². The van der Waals surface area contributed by atoms with Gasteiger partial charge in [-0.25, -0.2) is 0 Å². The van der Waals surface area contributed by atoms with E-state index >= 15 is 0 Å². The van der Waals surface area contributed by atoms with E-state index < -0.39 is 0 Å². The van der Waals surface area contributed by atoms with Crippen molar-refractivity contribution in [3.63, 3.8) is 0 Å². The first kappa shape index (κ1) is 16.4. The van der Waals surface area contributed by atoms with E-state index in [0.717, 1.165) is 13.0 Å². The van der Waals surface area contributed by atoms with Gasteiger partial charge in [0, 0.05) is 0 Å². The molecule has 4 heteroatoms. The number of hydrogen-bond donors (Lipinski definition) is 1. The smallest absolute Gasteiger partial charge is 0.325 e. The van der Waals surface area contributed by atoms with Gasteiger partial charge in [0.2, 0.25) is 0 Å². The Kier molecular flexibility index (Phi) is 9.09. The summed E-state index contributed by atoms with van der Waals surface area (Å²) >= 11 is 0. The van der Waals surface area contributed by atoms with Crippen molar-refractivity contribution in [2.45, 2.75) is 53.2 Å². The molecule has 0 saturated carbocycles.